The molecule has 8 rings (SSSR count). The van der Waals surface area contributed by atoms with Crippen LogP contribution in [0, 0.1) is 13.8 Å². The lowest BCUT2D eigenvalue weighted by atomic mass is 10.0. The predicted octanol–water partition coefficient (Wildman–Crippen LogP) is 4.06. The van der Waals surface area contributed by atoms with E-state index in [0.717, 1.165) is 19.5 Å². The van der Waals surface area contributed by atoms with Crippen LogP contribution in [0.1, 0.15) is 93.6 Å². The summed E-state index contributed by atoms with van der Waals surface area (Å²) in [5.41, 5.74) is 10.9. The molecule has 5 N–H and O–H groups in total. The van der Waals surface area contributed by atoms with Crippen molar-refractivity contribution in [2.24, 2.45) is 5.73 Å². The van der Waals surface area contributed by atoms with E-state index in [2.05, 4.69) is 44.9 Å². The molecule has 2 aromatic carbocycles. The Morgan fingerprint density at radius 2 is 1.51 bits per heavy atom. The molecule has 4 amide bonds. The van der Waals surface area contributed by atoms with Gasteiger partial charge in [0.25, 0.3) is 17.7 Å². The average molecular weight is 920 g/mol. The van der Waals surface area contributed by atoms with Gasteiger partial charge in [-0.3, -0.25) is 38.8 Å². The highest BCUT2D eigenvalue weighted by atomic mass is 16.5. The molecule has 0 spiro atoms. The lowest BCUT2D eigenvalue weighted by Gasteiger charge is -2.42. The summed E-state index contributed by atoms with van der Waals surface area (Å²) in [7, 11) is 1.83. The number of imidazole rings is 1. The fourth-order valence-electron chi connectivity index (χ4n) is 8.94. The lowest BCUT2D eigenvalue weighted by Crippen LogP contribution is -2.54. The Morgan fingerprint density at radius 1 is 0.836 bits per heavy atom. The number of carbonyl (C=O) groups excluding carboxylic acids is 4. The third-order valence-electron chi connectivity index (χ3n) is 12.4. The number of allylic oxidation sites excluding steroid dienone is 1. The van der Waals surface area contributed by atoms with E-state index in [0.29, 0.717) is 102 Å². The number of ether oxygens (including phenoxy) is 3. The molecule has 356 valence electrons. The number of nitrogens with two attached hydrogens (primary N) is 1. The Bertz CT molecular complexity index is 2720. The van der Waals surface area contributed by atoms with Crippen LogP contribution in [0.4, 0.5) is 17.3 Å². The molecule has 6 heterocycles. The van der Waals surface area contributed by atoms with Crippen LogP contribution in [-0.4, -0.2) is 129 Å². The Balaban J connectivity index is 1.14. The number of primary amides is 1. The van der Waals surface area contributed by atoms with E-state index < -0.39 is 18.1 Å². The number of nitrogens with zero attached hydrogens (tertiary/aromatic N) is 9. The van der Waals surface area contributed by atoms with Gasteiger partial charge in [-0.2, -0.15) is 10.2 Å². The third-order valence-corrected chi connectivity index (χ3v) is 12.4. The zero-order valence-electron chi connectivity index (χ0n) is 39.3. The Morgan fingerprint density at radius 3 is 2.19 bits per heavy atom. The number of morpholine rings is 1. The van der Waals surface area contributed by atoms with Gasteiger partial charge in [0.15, 0.2) is 6.29 Å². The largest absolute Gasteiger partial charge is 0.491 e. The maximum absolute atomic E-state index is 14.0. The van der Waals surface area contributed by atoms with E-state index in [4.69, 9.17) is 24.9 Å². The van der Waals surface area contributed by atoms with E-state index in [1.165, 1.54) is 0 Å². The van der Waals surface area contributed by atoms with Gasteiger partial charge in [-0.15, -0.1) is 0 Å². The summed E-state index contributed by atoms with van der Waals surface area (Å²) < 4.78 is 23.8. The number of hydrogen-bond donors (Lipinski definition) is 4. The van der Waals surface area contributed by atoms with Gasteiger partial charge in [0.2, 0.25) is 11.9 Å². The van der Waals surface area contributed by atoms with Crippen molar-refractivity contribution < 1.29 is 33.4 Å². The maximum atomic E-state index is 14.0. The van der Waals surface area contributed by atoms with Crippen molar-refractivity contribution in [1.29, 1.82) is 0 Å². The van der Waals surface area contributed by atoms with Crippen molar-refractivity contribution in [3.05, 3.63) is 82.5 Å². The molecular weight excluding hydrogens is 859 g/mol. The summed E-state index contributed by atoms with van der Waals surface area (Å²) in [6.45, 7) is 17.2. The molecule has 3 aromatic heterocycles. The Hall–Kier alpha value is -6.93. The molecule has 1 unspecified atom stereocenters. The van der Waals surface area contributed by atoms with Crippen molar-refractivity contribution in [2.75, 3.05) is 74.8 Å². The SMILES string of the molecule is CCn1nc(C)cc1C(=O)Nc1nc2cc(C(=O)NCCCN3CCOCC3(C)C)cc3c2n1C/C=C/CN1c2c(cc(C(N)=O)cc2N(C)C1NC(=O)c1cc(C)nn1CC)OCCCO3. The number of aryl methyl sites for hydroxylation is 4. The van der Waals surface area contributed by atoms with Crippen molar-refractivity contribution in [3.63, 3.8) is 0 Å². The van der Waals surface area contributed by atoms with Gasteiger partial charge in [-0.1, -0.05) is 12.2 Å². The molecule has 1 atom stereocenters. The molecule has 0 bridgehead atoms. The van der Waals surface area contributed by atoms with Gasteiger partial charge in [-0.05, 0) is 84.4 Å². The van der Waals surface area contributed by atoms with Gasteiger partial charge in [0, 0.05) is 75.9 Å². The first-order chi connectivity index (χ1) is 32.2. The first-order valence-electron chi connectivity index (χ1n) is 22.9. The molecule has 20 heteroatoms. The summed E-state index contributed by atoms with van der Waals surface area (Å²) in [6, 6.07) is 10.2. The van der Waals surface area contributed by atoms with Crippen LogP contribution in [0.15, 0.2) is 48.6 Å². The van der Waals surface area contributed by atoms with Gasteiger partial charge in [0.05, 0.1) is 49.0 Å². The van der Waals surface area contributed by atoms with Crippen molar-refractivity contribution >= 4 is 52.0 Å². The molecule has 1 saturated heterocycles. The van der Waals surface area contributed by atoms with E-state index in [1.54, 1.807) is 45.8 Å². The minimum absolute atomic E-state index is 0.0810. The second-order valence-corrected chi connectivity index (χ2v) is 17.6. The van der Waals surface area contributed by atoms with Gasteiger partial charge >= 0.3 is 0 Å². The topological polar surface area (TPSA) is 221 Å². The lowest BCUT2D eigenvalue weighted by molar-refractivity contribution is -0.0510. The third kappa shape index (κ3) is 9.67. The molecule has 20 nitrogen and oxygen atoms in total. The highest BCUT2D eigenvalue weighted by Gasteiger charge is 2.38. The van der Waals surface area contributed by atoms with E-state index >= 15 is 0 Å². The monoisotopic (exact) mass is 919 g/mol. The van der Waals surface area contributed by atoms with Crippen molar-refractivity contribution in [2.45, 2.75) is 85.8 Å². The number of rotatable bonds is 12. The highest BCUT2D eigenvalue weighted by molar-refractivity contribution is 6.04. The van der Waals surface area contributed by atoms with Gasteiger partial charge in [0.1, 0.15) is 34.1 Å². The number of aromatic nitrogens is 6. The summed E-state index contributed by atoms with van der Waals surface area (Å²) in [5.74, 6) is -0.577. The number of nitrogens with one attached hydrogen (secondary N) is 3. The van der Waals surface area contributed by atoms with Crippen LogP contribution >= 0.6 is 0 Å². The zero-order chi connectivity index (χ0) is 47.6. The molecule has 0 aliphatic carbocycles. The Labute approximate surface area is 389 Å². The molecule has 5 aromatic rings. The summed E-state index contributed by atoms with van der Waals surface area (Å²) in [4.78, 5) is 65.6. The van der Waals surface area contributed by atoms with Crippen LogP contribution in [0.2, 0.25) is 0 Å². The van der Waals surface area contributed by atoms with Crippen molar-refractivity contribution in [3.8, 4) is 11.5 Å². The molecule has 67 heavy (non-hydrogen) atoms. The van der Waals surface area contributed by atoms with Crippen LogP contribution in [0.25, 0.3) is 11.0 Å². The smallest absolute Gasteiger partial charge is 0.276 e. The van der Waals surface area contributed by atoms with Crippen molar-refractivity contribution in [1.82, 2.24) is 44.6 Å². The molecule has 3 aliphatic heterocycles. The molecule has 0 saturated carbocycles. The van der Waals surface area contributed by atoms with E-state index in [9.17, 15) is 19.2 Å². The standard InChI is InChI=1S/C47H61N13O7/c1-8-59-35(22-29(3)53-59)43(63)51-45-50-33-24-32(42(62)49-14-12-15-56-18-21-65-28-47(56,5)6)27-37-39(33)57(45)16-10-11-17-58-40-34(25-31(41(48)61)26-38(40)67-20-13-19-66-37)55(7)46(58)52-44(64)36-23-30(4)54-60(36)9-2/h10-11,22-27,46H,8-9,12-21,28H2,1-7H3,(H2,48,61)(H,49,62)(H,52,64)(H,50,51,63)/b11-10+. The minimum Gasteiger partial charge on any atom is -0.491 e. The quantitative estimate of drug-likeness (QED) is 0.103. The first kappa shape index (κ1) is 46.6. The molecular formula is C47H61N13O7. The van der Waals surface area contributed by atoms with Gasteiger partial charge < -0.3 is 44.9 Å². The number of hydrogen-bond acceptors (Lipinski definition) is 13. The Kier molecular flexibility index (Phi) is 13.6. The normalized spacial score (nSPS) is 17.7. The van der Waals surface area contributed by atoms with E-state index in [1.807, 2.05) is 61.3 Å². The van der Waals surface area contributed by atoms with Gasteiger partial charge in [-0.25, -0.2) is 4.98 Å². The van der Waals surface area contributed by atoms with E-state index in [-0.39, 0.29) is 55.2 Å². The molecule has 1 fully saturated rings. The highest BCUT2D eigenvalue weighted by Crippen LogP contribution is 2.46. The maximum Gasteiger partial charge on any atom is 0.276 e. The number of amides is 4. The average Bonchev–Trinajstić information content (AvgIpc) is 4.04. The fraction of sp³-hybridized carbons (Fsp3) is 0.468. The van der Waals surface area contributed by atoms with Crippen LogP contribution in [-0.2, 0) is 24.4 Å². The number of benzene rings is 2. The summed E-state index contributed by atoms with van der Waals surface area (Å²) >= 11 is 0. The number of anilines is 3. The van der Waals surface area contributed by atoms with Crippen LogP contribution in [0.5, 0.6) is 11.5 Å². The first-order valence-corrected chi connectivity index (χ1v) is 22.9. The van der Waals surface area contributed by atoms with Crippen LogP contribution < -0.4 is 41.0 Å². The summed E-state index contributed by atoms with van der Waals surface area (Å²) in [6.07, 6.45) is 4.32. The molecule has 0 radical (unpaired) electrons. The number of carbonyl (C=O) groups is 4. The van der Waals surface area contributed by atoms with Crippen LogP contribution in [0.3, 0.4) is 0 Å². The second kappa shape index (κ2) is 19.5. The molecule has 3 aliphatic rings. The minimum atomic E-state index is -0.713. The summed E-state index contributed by atoms with van der Waals surface area (Å²) in [5, 5.41) is 18.2. The second-order valence-electron chi connectivity index (χ2n) is 17.6. The predicted molar refractivity (Wildman–Crippen MR) is 253 cm³/mol. The fourth-order valence-corrected chi connectivity index (χ4v) is 8.94. The zero-order valence-corrected chi connectivity index (χ0v) is 39.3.